The zero-order valence-corrected chi connectivity index (χ0v) is 10.8. The van der Waals surface area contributed by atoms with E-state index in [-0.39, 0.29) is 18.6 Å². The fraction of sp³-hybridized carbons (Fsp3) is 0.357. The van der Waals surface area contributed by atoms with Crippen LogP contribution < -0.4 is 5.32 Å². The molecule has 0 radical (unpaired) electrons. The molecule has 1 aromatic rings. The number of aliphatic carboxylic acids is 1. The SMILES string of the molecule is CCC(NC(=O)CCC(=O)c1ccccc1)C(=O)O. The highest BCUT2D eigenvalue weighted by molar-refractivity contribution is 5.98. The number of carboxylic acids is 1. The molecule has 5 heteroatoms. The summed E-state index contributed by atoms with van der Waals surface area (Å²) in [6.07, 6.45) is 0.386. The number of hydrogen-bond donors (Lipinski definition) is 2. The van der Waals surface area contributed by atoms with E-state index in [1.807, 2.05) is 6.07 Å². The zero-order valence-electron chi connectivity index (χ0n) is 10.8. The fourth-order valence-corrected chi connectivity index (χ4v) is 1.60. The maximum atomic E-state index is 11.7. The number of Topliss-reactive ketones (excluding diaryl/α,β-unsaturated/α-hetero) is 1. The van der Waals surface area contributed by atoms with Gasteiger partial charge in [-0.05, 0) is 6.42 Å². The summed E-state index contributed by atoms with van der Waals surface area (Å²) >= 11 is 0. The highest BCUT2D eigenvalue weighted by Crippen LogP contribution is 2.05. The van der Waals surface area contributed by atoms with Gasteiger partial charge in [-0.25, -0.2) is 4.79 Å². The average Bonchev–Trinajstić information content (AvgIpc) is 2.42. The summed E-state index contributed by atoms with van der Waals surface area (Å²) in [5.74, 6) is -1.61. The van der Waals surface area contributed by atoms with Crippen LogP contribution in [0.15, 0.2) is 30.3 Å². The van der Waals surface area contributed by atoms with E-state index >= 15 is 0 Å². The number of nitrogens with one attached hydrogen (secondary N) is 1. The lowest BCUT2D eigenvalue weighted by molar-refractivity contribution is -0.141. The summed E-state index contributed by atoms with van der Waals surface area (Å²) in [7, 11) is 0. The Hall–Kier alpha value is -2.17. The number of amides is 1. The third kappa shape index (κ3) is 4.91. The van der Waals surface area contributed by atoms with Gasteiger partial charge in [-0.2, -0.15) is 0 Å². The van der Waals surface area contributed by atoms with Gasteiger partial charge in [0.2, 0.25) is 5.91 Å². The summed E-state index contributed by atoms with van der Waals surface area (Å²) in [6.45, 7) is 1.67. The molecule has 5 nitrogen and oxygen atoms in total. The van der Waals surface area contributed by atoms with Crippen molar-refractivity contribution in [1.82, 2.24) is 5.32 Å². The highest BCUT2D eigenvalue weighted by Gasteiger charge is 2.18. The normalized spacial score (nSPS) is 11.6. The van der Waals surface area contributed by atoms with E-state index in [1.165, 1.54) is 0 Å². The van der Waals surface area contributed by atoms with Gasteiger partial charge >= 0.3 is 5.97 Å². The molecule has 1 atom stereocenters. The summed E-state index contributed by atoms with van der Waals surface area (Å²) in [6, 6.07) is 7.80. The third-order valence-electron chi connectivity index (χ3n) is 2.72. The van der Waals surface area contributed by atoms with E-state index in [1.54, 1.807) is 31.2 Å². The van der Waals surface area contributed by atoms with Crippen LogP contribution in [0.5, 0.6) is 0 Å². The molecule has 2 N–H and O–H groups in total. The van der Waals surface area contributed by atoms with Crippen LogP contribution in [0.4, 0.5) is 0 Å². The van der Waals surface area contributed by atoms with Gasteiger partial charge in [0.15, 0.2) is 5.78 Å². The lowest BCUT2D eigenvalue weighted by Crippen LogP contribution is -2.40. The Morgan fingerprint density at radius 1 is 1.16 bits per heavy atom. The molecule has 1 amide bonds. The second-order valence-electron chi connectivity index (χ2n) is 4.16. The predicted molar refractivity (Wildman–Crippen MR) is 69.9 cm³/mol. The largest absolute Gasteiger partial charge is 0.480 e. The van der Waals surface area contributed by atoms with Gasteiger partial charge < -0.3 is 10.4 Å². The van der Waals surface area contributed by atoms with E-state index in [2.05, 4.69) is 5.32 Å². The average molecular weight is 263 g/mol. The fourth-order valence-electron chi connectivity index (χ4n) is 1.60. The number of carboxylic acid groups (broad SMARTS) is 1. The molecule has 0 aliphatic carbocycles. The summed E-state index contributed by atoms with van der Waals surface area (Å²) in [5, 5.41) is 11.2. The second-order valence-corrected chi connectivity index (χ2v) is 4.16. The maximum absolute atomic E-state index is 11.7. The van der Waals surface area contributed by atoms with Crippen LogP contribution >= 0.6 is 0 Å². The Kier molecular flexibility index (Phi) is 5.73. The first-order valence-corrected chi connectivity index (χ1v) is 6.15. The molecule has 102 valence electrons. The van der Waals surface area contributed by atoms with Crippen molar-refractivity contribution in [1.29, 1.82) is 0 Å². The lowest BCUT2D eigenvalue weighted by Gasteiger charge is -2.11. The minimum Gasteiger partial charge on any atom is -0.480 e. The molecule has 0 saturated carbocycles. The molecular formula is C14H17NO4. The van der Waals surface area contributed by atoms with E-state index in [4.69, 9.17) is 5.11 Å². The molecule has 0 aliphatic rings. The molecule has 0 aliphatic heterocycles. The molecule has 1 aromatic carbocycles. The molecule has 1 unspecified atom stereocenters. The van der Waals surface area contributed by atoms with Crippen molar-refractivity contribution in [3.05, 3.63) is 35.9 Å². The van der Waals surface area contributed by atoms with Crippen LogP contribution in [0.1, 0.15) is 36.5 Å². The first-order chi connectivity index (χ1) is 9.04. The van der Waals surface area contributed by atoms with Crippen molar-refractivity contribution in [3.8, 4) is 0 Å². The van der Waals surface area contributed by atoms with Crippen molar-refractivity contribution in [2.75, 3.05) is 0 Å². The van der Waals surface area contributed by atoms with Gasteiger partial charge in [-0.3, -0.25) is 9.59 Å². The van der Waals surface area contributed by atoms with Gasteiger partial charge in [-0.15, -0.1) is 0 Å². The number of benzene rings is 1. The Labute approximate surface area is 111 Å². The van der Waals surface area contributed by atoms with Crippen LogP contribution in [0.3, 0.4) is 0 Å². The van der Waals surface area contributed by atoms with Crippen molar-refractivity contribution in [2.24, 2.45) is 0 Å². The van der Waals surface area contributed by atoms with Crippen molar-refractivity contribution in [2.45, 2.75) is 32.2 Å². The minimum atomic E-state index is -1.06. The van der Waals surface area contributed by atoms with E-state index < -0.39 is 17.9 Å². The van der Waals surface area contributed by atoms with Gasteiger partial charge in [0.25, 0.3) is 0 Å². The van der Waals surface area contributed by atoms with E-state index in [0.29, 0.717) is 12.0 Å². The molecule has 0 spiro atoms. The Morgan fingerprint density at radius 3 is 2.32 bits per heavy atom. The smallest absolute Gasteiger partial charge is 0.326 e. The number of ketones is 1. The van der Waals surface area contributed by atoms with Crippen LogP contribution in [0.2, 0.25) is 0 Å². The van der Waals surface area contributed by atoms with Crippen molar-refractivity contribution in [3.63, 3.8) is 0 Å². The molecule has 0 heterocycles. The van der Waals surface area contributed by atoms with Crippen LogP contribution in [-0.4, -0.2) is 28.8 Å². The Bertz CT molecular complexity index is 456. The first-order valence-electron chi connectivity index (χ1n) is 6.15. The van der Waals surface area contributed by atoms with Crippen molar-refractivity contribution >= 4 is 17.7 Å². The summed E-state index contributed by atoms with van der Waals surface area (Å²) in [5.41, 5.74) is 0.556. The van der Waals surface area contributed by atoms with Gasteiger partial charge in [0, 0.05) is 18.4 Å². The molecule has 1 rings (SSSR count). The van der Waals surface area contributed by atoms with E-state index in [0.717, 1.165) is 0 Å². The standard InChI is InChI=1S/C14H17NO4/c1-2-11(14(18)19)15-13(17)9-8-12(16)10-6-4-3-5-7-10/h3-7,11H,2,8-9H2,1H3,(H,15,17)(H,18,19). The Morgan fingerprint density at radius 2 is 1.79 bits per heavy atom. The monoisotopic (exact) mass is 263 g/mol. The predicted octanol–water partition coefficient (Wildman–Crippen LogP) is 1.63. The highest BCUT2D eigenvalue weighted by atomic mass is 16.4. The molecular weight excluding hydrogens is 246 g/mol. The molecule has 0 saturated heterocycles. The summed E-state index contributed by atoms with van der Waals surface area (Å²) in [4.78, 5) is 34.0. The number of carbonyl (C=O) groups excluding carboxylic acids is 2. The first kappa shape index (κ1) is 14.9. The quantitative estimate of drug-likeness (QED) is 0.732. The molecule has 19 heavy (non-hydrogen) atoms. The lowest BCUT2D eigenvalue weighted by atomic mass is 10.1. The number of hydrogen-bond acceptors (Lipinski definition) is 3. The number of rotatable bonds is 7. The topological polar surface area (TPSA) is 83.5 Å². The third-order valence-corrected chi connectivity index (χ3v) is 2.72. The zero-order chi connectivity index (χ0) is 14.3. The maximum Gasteiger partial charge on any atom is 0.326 e. The molecule has 0 fully saturated rings. The second kappa shape index (κ2) is 7.31. The van der Waals surface area contributed by atoms with Crippen LogP contribution in [0.25, 0.3) is 0 Å². The minimum absolute atomic E-state index is 0.00247. The van der Waals surface area contributed by atoms with Gasteiger partial charge in [0.05, 0.1) is 0 Å². The van der Waals surface area contributed by atoms with Gasteiger partial charge in [0.1, 0.15) is 6.04 Å². The molecule has 0 aromatic heterocycles. The van der Waals surface area contributed by atoms with Crippen LogP contribution in [0, 0.1) is 0 Å². The van der Waals surface area contributed by atoms with Crippen LogP contribution in [-0.2, 0) is 9.59 Å². The summed E-state index contributed by atoms with van der Waals surface area (Å²) < 4.78 is 0. The Balaban J connectivity index is 2.42. The number of carbonyl (C=O) groups is 3. The van der Waals surface area contributed by atoms with E-state index in [9.17, 15) is 14.4 Å². The molecule has 0 bridgehead atoms. The van der Waals surface area contributed by atoms with Gasteiger partial charge in [-0.1, -0.05) is 37.3 Å². The van der Waals surface area contributed by atoms with Crippen molar-refractivity contribution < 1.29 is 19.5 Å².